The van der Waals surface area contributed by atoms with Gasteiger partial charge >= 0.3 is 5.97 Å². The molecule has 1 amide bonds. The summed E-state index contributed by atoms with van der Waals surface area (Å²) < 4.78 is 32.5. The van der Waals surface area contributed by atoms with Gasteiger partial charge in [0.2, 0.25) is 10.0 Å². The summed E-state index contributed by atoms with van der Waals surface area (Å²) in [7, 11) is -0.374. The van der Waals surface area contributed by atoms with Crippen LogP contribution in [-0.4, -0.2) is 43.2 Å². The lowest BCUT2D eigenvalue weighted by Gasteiger charge is -2.14. The maximum Gasteiger partial charge on any atom is 0.306 e. The van der Waals surface area contributed by atoms with Crippen LogP contribution in [-0.2, 0) is 37.8 Å². The standard InChI is InChI=1S/C19H26N4O5S/c1-12-18(13(2)23(5)22-12)21-19(25)14(3)28-17(24)11-8-15-6-9-16(10-7-15)29(26,27)20-4/h6-7,9-10,14,20H,8,11H2,1-5H3,(H,21,25). The van der Waals surface area contributed by atoms with Gasteiger partial charge in [0, 0.05) is 13.5 Å². The molecule has 158 valence electrons. The molecule has 1 unspecified atom stereocenters. The summed E-state index contributed by atoms with van der Waals surface area (Å²) in [5.41, 5.74) is 2.88. The number of aryl methyl sites for hydroxylation is 3. The van der Waals surface area contributed by atoms with Gasteiger partial charge in [0.15, 0.2) is 6.10 Å². The van der Waals surface area contributed by atoms with Crippen molar-refractivity contribution in [1.82, 2.24) is 14.5 Å². The zero-order chi connectivity index (χ0) is 21.8. The van der Waals surface area contributed by atoms with Gasteiger partial charge in [-0.15, -0.1) is 0 Å². The second-order valence-electron chi connectivity index (χ2n) is 6.64. The molecule has 2 N–H and O–H groups in total. The molecule has 1 heterocycles. The highest BCUT2D eigenvalue weighted by atomic mass is 32.2. The summed E-state index contributed by atoms with van der Waals surface area (Å²) in [5.74, 6) is -0.946. The second-order valence-corrected chi connectivity index (χ2v) is 8.53. The third kappa shape index (κ3) is 5.64. The van der Waals surface area contributed by atoms with Crippen molar-refractivity contribution in [2.45, 2.75) is 44.6 Å². The van der Waals surface area contributed by atoms with E-state index in [0.29, 0.717) is 17.8 Å². The molecule has 0 saturated heterocycles. The van der Waals surface area contributed by atoms with Crippen molar-refractivity contribution >= 4 is 27.6 Å². The highest BCUT2D eigenvalue weighted by molar-refractivity contribution is 7.89. The van der Waals surface area contributed by atoms with Gasteiger partial charge in [0.25, 0.3) is 5.91 Å². The monoisotopic (exact) mass is 422 g/mol. The maximum atomic E-state index is 12.3. The van der Waals surface area contributed by atoms with E-state index in [2.05, 4.69) is 15.1 Å². The number of rotatable bonds is 8. The Morgan fingerprint density at radius 1 is 1.21 bits per heavy atom. The fourth-order valence-corrected chi connectivity index (χ4v) is 3.42. The van der Waals surface area contributed by atoms with Gasteiger partial charge in [-0.2, -0.15) is 5.10 Å². The molecule has 0 spiro atoms. The SMILES string of the molecule is CNS(=O)(=O)c1ccc(CCC(=O)OC(C)C(=O)Nc2c(C)nn(C)c2C)cc1. The summed E-state index contributed by atoms with van der Waals surface area (Å²) >= 11 is 0. The van der Waals surface area contributed by atoms with Crippen LogP contribution in [0.3, 0.4) is 0 Å². The highest BCUT2D eigenvalue weighted by Gasteiger charge is 2.21. The number of hydrogen-bond acceptors (Lipinski definition) is 6. The summed E-state index contributed by atoms with van der Waals surface area (Å²) in [5, 5.41) is 6.97. The number of sulfonamides is 1. The Kier molecular flexibility index (Phi) is 7.15. The Morgan fingerprint density at radius 2 is 1.83 bits per heavy atom. The molecule has 1 atom stereocenters. The third-order valence-electron chi connectivity index (χ3n) is 4.55. The minimum absolute atomic E-state index is 0.0701. The Bertz CT molecular complexity index is 996. The number of nitrogens with one attached hydrogen (secondary N) is 2. The lowest BCUT2D eigenvalue weighted by atomic mass is 10.1. The number of ether oxygens (including phenoxy) is 1. The van der Waals surface area contributed by atoms with Gasteiger partial charge in [-0.25, -0.2) is 13.1 Å². The third-order valence-corrected chi connectivity index (χ3v) is 5.99. The molecule has 0 fully saturated rings. The van der Waals surface area contributed by atoms with Gasteiger partial charge in [-0.05, 0) is 51.9 Å². The first-order valence-corrected chi connectivity index (χ1v) is 10.6. The zero-order valence-electron chi connectivity index (χ0n) is 17.1. The Labute approximate surface area is 170 Å². The van der Waals surface area contributed by atoms with E-state index in [9.17, 15) is 18.0 Å². The average molecular weight is 423 g/mol. The van der Waals surface area contributed by atoms with Gasteiger partial charge in [0.05, 0.1) is 22.0 Å². The number of esters is 1. The fraction of sp³-hybridized carbons (Fsp3) is 0.421. The van der Waals surface area contributed by atoms with Crippen molar-refractivity contribution in [3.63, 3.8) is 0 Å². The van der Waals surface area contributed by atoms with Crippen LogP contribution in [0.15, 0.2) is 29.2 Å². The Morgan fingerprint density at radius 3 is 2.34 bits per heavy atom. The Hall–Kier alpha value is -2.72. The van der Waals surface area contributed by atoms with E-state index in [4.69, 9.17) is 4.74 Å². The summed E-state index contributed by atoms with van der Waals surface area (Å²) in [6, 6.07) is 6.23. The molecule has 2 rings (SSSR count). The quantitative estimate of drug-likeness (QED) is 0.622. The molecule has 0 saturated carbocycles. The van der Waals surface area contributed by atoms with Crippen molar-refractivity contribution in [2.24, 2.45) is 7.05 Å². The summed E-state index contributed by atoms with van der Waals surface area (Å²) in [6.07, 6.45) is -0.515. The fourth-order valence-electron chi connectivity index (χ4n) is 2.69. The van der Waals surface area contributed by atoms with E-state index in [1.165, 1.54) is 26.1 Å². The van der Waals surface area contributed by atoms with Gasteiger partial charge in [0.1, 0.15) is 0 Å². The van der Waals surface area contributed by atoms with E-state index >= 15 is 0 Å². The summed E-state index contributed by atoms with van der Waals surface area (Å²) in [6.45, 7) is 5.12. The van der Waals surface area contributed by atoms with Gasteiger partial charge < -0.3 is 10.1 Å². The lowest BCUT2D eigenvalue weighted by molar-refractivity contribution is -0.153. The number of carbonyl (C=O) groups is 2. The molecule has 0 bridgehead atoms. The predicted octanol–water partition coefficient (Wildman–Crippen LogP) is 1.45. The first-order chi connectivity index (χ1) is 13.5. The number of benzene rings is 1. The van der Waals surface area contributed by atoms with Crippen molar-refractivity contribution in [1.29, 1.82) is 0 Å². The molecule has 1 aromatic heterocycles. The predicted molar refractivity (Wildman–Crippen MR) is 108 cm³/mol. The van der Waals surface area contributed by atoms with E-state index in [0.717, 1.165) is 11.3 Å². The lowest BCUT2D eigenvalue weighted by Crippen LogP contribution is -2.30. The topological polar surface area (TPSA) is 119 Å². The molecule has 0 radical (unpaired) electrons. The van der Waals surface area contributed by atoms with Crippen LogP contribution in [0.1, 0.15) is 30.3 Å². The van der Waals surface area contributed by atoms with Crippen LogP contribution in [0.2, 0.25) is 0 Å². The number of hydrogen-bond donors (Lipinski definition) is 2. The molecular weight excluding hydrogens is 396 g/mol. The average Bonchev–Trinajstić information content (AvgIpc) is 2.92. The van der Waals surface area contributed by atoms with E-state index < -0.39 is 28.0 Å². The summed E-state index contributed by atoms with van der Waals surface area (Å²) in [4.78, 5) is 24.5. The van der Waals surface area contributed by atoms with Gasteiger partial charge in [-0.3, -0.25) is 14.3 Å². The van der Waals surface area contributed by atoms with Crippen molar-refractivity contribution in [2.75, 3.05) is 12.4 Å². The first kappa shape index (κ1) is 22.6. The van der Waals surface area contributed by atoms with Crippen LogP contribution in [0.4, 0.5) is 5.69 Å². The van der Waals surface area contributed by atoms with Crippen molar-refractivity contribution < 1.29 is 22.7 Å². The minimum atomic E-state index is -3.49. The van der Waals surface area contributed by atoms with Crippen LogP contribution in [0.25, 0.3) is 0 Å². The molecule has 0 aliphatic carbocycles. The molecule has 0 aliphatic heterocycles. The maximum absolute atomic E-state index is 12.3. The van der Waals surface area contributed by atoms with Crippen molar-refractivity contribution in [3.8, 4) is 0 Å². The van der Waals surface area contributed by atoms with E-state index in [1.807, 2.05) is 6.92 Å². The number of amides is 1. The minimum Gasteiger partial charge on any atom is -0.453 e. The molecule has 29 heavy (non-hydrogen) atoms. The Balaban J connectivity index is 1.87. The van der Waals surface area contributed by atoms with Gasteiger partial charge in [-0.1, -0.05) is 12.1 Å². The van der Waals surface area contributed by atoms with E-state index in [-0.39, 0.29) is 11.3 Å². The van der Waals surface area contributed by atoms with Crippen LogP contribution in [0, 0.1) is 13.8 Å². The van der Waals surface area contributed by atoms with Crippen molar-refractivity contribution in [3.05, 3.63) is 41.2 Å². The number of nitrogens with zero attached hydrogens (tertiary/aromatic N) is 2. The van der Waals surface area contributed by atoms with Crippen LogP contribution < -0.4 is 10.0 Å². The highest BCUT2D eigenvalue weighted by Crippen LogP contribution is 2.19. The zero-order valence-corrected chi connectivity index (χ0v) is 18.0. The molecule has 9 nitrogen and oxygen atoms in total. The first-order valence-electron chi connectivity index (χ1n) is 9.08. The number of aromatic nitrogens is 2. The largest absolute Gasteiger partial charge is 0.453 e. The number of anilines is 1. The van der Waals surface area contributed by atoms with Crippen LogP contribution in [0.5, 0.6) is 0 Å². The smallest absolute Gasteiger partial charge is 0.306 e. The molecule has 0 aliphatic rings. The van der Waals surface area contributed by atoms with Crippen LogP contribution >= 0.6 is 0 Å². The second kappa shape index (κ2) is 9.19. The van der Waals surface area contributed by atoms with E-state index in [1.54, 1.807) is 30.8 Å². The normalized spacial score (nSPS) is 12.4. The molecule has 10 heteroatoms. The molecule has 1 aromatic carbocycles. The number of carbonyl (C=O) groups excluding carboxylic acids is 2. The molecule has 2 aromatic rings. The molecular formula is C19H26N4O5S.